The van der Waals surface area contributed by atoms with Crippen LogP contribution in [0.5, 0.6) is 23.0 Å². The van der Waals surface area contributed by atoms with Crippen LogP contribution in [0.4, 0.5) is 0 Å². The molecule has 4 heterocycles. The lowest BCUT2D eigenvalue weighted by molar-refractivity contribution is 0.0731. The Balaban J connectivity index is 1.15. The first kappa shape index (κ1) is 19.5. The van der Waals surface area contributed by atoms with Crippen molar-refractivity contribution < 1.29 is 28.5 Å². The molecule has 2 aromatic carbocycles. The monoisotopic (exact) mass is 448 g/mol. The molecule has 0 aliphatic carbocycles. The zero-order chi connectivity index (χ0) is 22.4. The van der Waals surface area contributed by atoms with Crippen LogP contribution in [0, 0.1) is 0 Å². The lowest BCUT2D eigenvalue weighted by Crippen LogP contribution is -2.36. The van der Waals surface area contributed by atoms with Crippen molar-refractivity contribution >= 4 is 11.8 Å². The molecular weight excluding hydrogens is 428 g/mol. The summed E-state index contributed by atoms with van der Waals surface area (Å²) >= 11 is 0. The summed E-state index contributed by atoms with van der Waals surface area (Å²) in [4.78, 5) is 27.7. The molecule has 0 atom stereocenters. The van der Waals surface area contributed by atoms with Crippen molar-refractivity contribution in [3.05, 3.63) is 64.5 Å². The first-order valence-electron chi connectivity index (χ1n) is 10.6. The van der Waals surface area contributed by atoms with Crippen LogP contribution in [0.2, 0.25) is 0 Å². The number of ether oxygens (including phenoxy) is 4. The highest BCUT2D eigenvalue weighted by Gasteiger charge is 2.29. The molecule has 0 unspecified atom stereocenters. The number of fused-ring (bicyclic) bond motifs is 3. The van der Waals surface area contributed by atoms with E-state index < -0.39 is 0 Å². The van der Waals surface area contributed by atoms with Gasteiger partial charge in [0.2, 0.25) is 13.6 Å². The molecule has 10 nitrogen and oxygen atoms in total. The third-order valence-electron chi connectivity index (χ3n) is 5.95. The highest BCUT2D eigenvalue weighted by atomic mass is 16.7. The minimum absolute atomic E-state index is 0.133. The molecule has 168 valence electrons. The Morgan fingerprint density at radius 3 is 2.52 bits per heavy atom. The molecule has 6 rings (SSSR count). The SMILES string of the molecule is O=C(NCc1ccc2c(c1)OCO2)c1n[nH]c2c1CN(C(=O)c1ccc3c(c1)OCO3)CC2. The Morgan fingerprint density at radius 2 is 1.70 bits per heavy atom. The number of carbonyl (C=O) groups is 2. The molecule has 0 bridgehead atoms. The number of hydrogen-bond donors (Lipinski definition) is 2. The molecular formula is C23H20N4O6. The van der Waals surface area contributed by atoms with Crippen LogP contribution in [-0.2, 0) is 19.5 Å². The Kier molecular flexibility index (Phi) is 4.56. The second kappa shape index (κ2) is 7.73. The van der Waals surface area contributed by atoms with Crippen LogP contribution in [0.1, 0.15) is 37.7 Å². The first-order chi connectivity index (χ1) is 16.2. The van der Waals surface area contributed by atoms with Crippen LogP contribution in [0.25, 0.3) is 0 Å². The van der Waals surface area contributed by atoms with Gasteiger partial charge in [-0.15, -0.1) is 0 Å². The lowest BCUT2D eigenvalue weighted by atomic mass is 10.0. The van der Waals surface area contributed by atoms with E-state index in [-0.39, 0.29) is 25.4 Å². The van der Waals surface area contributed by atoms with Gasteiger partial charge in [-0.05, 0) is 35.9 Å². The molecule has 3 aliphatic rings. The molecule has 3 aliphatic heterocycles. The predicted octanol–water partition coefficient (Wildman–Crippen LogP) is 2.00. The van der Waals surface area contributed by atoms with E-state index in [0.29, 0.717) is 60.3 Å². The number of carbonyl (C=O) groups excluding carboxylic acids is 2. The average molecular weight is 448 g/mol. The smallest absolute Gasteiger partial charge is 0.272 e. The van der Waals surface area contributed by atoms with Gasteiger partial charge in [-0.25, -0.2) is 0 Å². The van der Waals surface area contributed by atoms with E-state index in [1.165, 1.54) is 0 Å². The Labute approximate surface area is 188 Å². The van der Waals surface area contributed by atoms with Gasteiger partial charge in [0, 0.05) is 36.3 Å². The van der Waals surface area contributed by atoms with Crippen molar-refractivity contribution in [1.29, 1.82) is 0 Å². The molecule has 2 amide bonds. The highest BCUT2D eigenvalue weighted by molar-refractivity contribution is 5.96. The maximum Gasteiger partial charge on any atom is 0.272 e. The average Bonchev–Trinajstić information content (AvgIpc) is 3.59. The molecule has 33 heavy (non-hydrogen) atoms. The number of amides is 2. The van der Waals surface area contributed by atoms with Gasteiger partial charge in [0.15, 0.2) is 28.7 Å². The second-order valence-corrected chi connectivity index (χ2v) is 7.94. The molecule has 0 saturated heterocycles. The lowest BCUT2D eigenvalue weighted by Gasteiger charge is -2.27. The highest BCUT2D eigenvalue weighted by Crippen LogP contribution is 2.34. The van der Waals surface area contributed by atoms with Crippen LogP contribution < -0.4 is 24.3 Å². The number of nitrogens with zero attached hydrogens (tertiary/aromatic N) is 2. The number of rotatable bonds is 4. The van der Waals surface area contributed by atoms with Crippen molar-refractivity contribution in [3.8, 4) is 23.0 Å². The van der Waals surface area contributed by atoms with E-state index in [1.54, 1.807) is 23.1 Å². The number of nitrogens with one attached hydrogen (secondary N) is 2. The summed E-state index contributed by atoms with van der Waals surface area (Å²) < 4.78 is 21.4. The molecule has 2 N–H and O–H groups in total. The van der Waals surface area contributed by atoms with Crippen LogP contribution >= 0.6 is 0 Å². The van der Waals surface area contributed by atoms with Crippen LogP contribution in [0.3, 0.4) is 0 Å². The van der Waals surface area contributed by atoms with Crippen molar-refractivity contribution in [1.82, 2.24) is 20.4 Å². The third kappa shape index (κ3) is 3.49. The van der Waals surface area contributed by atoms with Gasteiger partial charge in [0.25, 0.3) is 11.8 Å². The molecule has 3 aromatic rings. The van der Waals surface area contributed by atoms with Gasteiger partial charge in [0.05, 0.1) is 6.54 Å². The maximum atomic E-state index is 13.1. The Morgan fingerprint density at radius 1 is 0.970 bits per heavy atom. The van der Waals surface area contributed by atoms with Crippen LogP contribution in [-0.4, -0.2) is 47.0 Å². The topological polar surface area (TPSA) is 115 Å². The van der Waals surface area contributed by atoms with E-state index in [2.05, 4.69) is 15.5 Å². The largest absolute Gasteiger partial charge is 0.454 e. The van der Waals surface area contributed by atoms with Gasteiger partial charge in [-0.3, -0.25) is 14.7 Å². The standard InChI is InChI=1S/C23H20N4O6/c28-22(24-9-13-1-3-17-19(7-13)32-11-30-17)21-15-10-27(6-5-16(15)25-26-21)23(29)14-2-4-18-20(8-14)33-12-31-18/h1-4,7-8H,5-6,9-12H2,(H,24,28)(H,25,26). The van der Waals surface area contributed by atoms with Crippen molar-refractivity contribution in [3.63, 3.8) is 0 Å². The summed E-state index contributed by atoms with van der Waals surface area (Å²) in [5.41, 5.74) is 3.31. The number of H-pyrrole nitrogens is 1. The molecule has 0 saturated carbocycles. The zero-order valence-electron chi connectivity index (χ0n) is 17.6. The zero-order valence-corrected chi connectivity index (χ0v) is 17.6. The fourth-order valence-electron chi connectivity index (χ4n) is 4.19. The van der Waals surface area contributed by atoms with Gasteiger partial charge in [0.1, 0.15) is 0 Å². The Bertz CT molecular complexity index is 1270. The first-order valence-corrected chi connectivity index (χ1v) is 10.6. The normalized spacial score (nSPS) is 15.3. The minimum Gasteiger partial charge on any atom is -0.454 e. The number of aromatic nitrogens is 2. The quantitative estimate of drug-likeness (QED) is 0.627. The van der Waals surface area contributed by atoms with Crippen molar-refractivity contribution in [2.24, 2.45) is 0 Å². The Hall–Kier alpha value is -4.21. The van der Waals surface area contributed by atoms with Gasteiger partial charge < -0.3 is 29.2 Å². The third-order valence-corrected chi connectivity index (χ3v) is 5.95. The molecule has 10 heteroatoms. The molecule has 0 radical (unpaired) electrons. The fraction of sp³-hybridized carbons (Fsp3) is 0.261. The predicted molar refractivity (Wildman–Crippen MR) is 113 cm³/mol. The summed E-state index contributed by atoms with van der Waals surface area (Å²) in [5.74, 6) is 2.11. The van der Waals surface area contributed by atoms with E-state index in [1.807, 2.05) is 18.2 Å². The number of aromatic amines is 1. The minimum atomic E-state index is -0.303. The molecule has 1 aromatic heterocycles. The summed E-state index contributed by atoms with van der Waals surface area (Å²) in [7, 11) is 0. The molecule has 0 spiro atoms. The fourth-order valence-corrected chi connectivity index (χ4v) is 4.19. The van der Waals surface area contributed by atoms with Gasteiger partial charge in [-0.1, -0.05) is 6.07 Å². The van der Waals surface area contributed by atoms with Gasteiger partial charge in [-0.2, -0.15) is 5.10 Å². The van der Waals surface area contributed by atoms with Crippen LogP contribution in [0.15, 0.2) is 36.4 Å². The summed E-state index contributed by atoms with van der Waals surface area (Å²) in [6.07, 6.45) is 0.591. The van der Waals surface area contributed by atoms with E-state index in [0.717, 1.165) is 16.8 Å². The van der Waals surface area contributed by atoms with Gasteiger partial charge >= 0.3 is 0 Å². The number of benzene rings is 2. The maximum absolute atomic E-state index is 13.1. The van der Waals surface area contributed by atoms with E-state index in [4.69, 9.17) is 18.9 Å². The van der Waals surface area contributed by atoms with Crippen molar-refractivity contribution in [2.45, 2.75) is 19.5 Å². The van der Waals surface area contributed by atoms with E-state index in [9.17, 15) is 9.59 Å². The number of hydrogen-bond acceptors (Lipinski definition) is 7. The second-order valence-electron chi connectivity index (χ2n) is 7.94. The van der Waals surface area contributed by atoms with E-state index >= 15 is 0 Å². The molecule has 0 fully saturated rings. The summed E-state index contributed by atoms with van der Waals surface area (Å²) in [5, 5.41) is 10.1. The van der Waals surface area contributed by atoms with Crippen molar-refractivity contribution in [2.75, 3.05) is 20.1 Å². The summed E-state index contributed by atoms with van der Waals surface area (Å²) in [6, 6.07) is 10.7. The summed E-state index contributed by atoms with van der Waals surface area (Å²) in [6.45, 7) is 1.50.